The van der Waals surface area contributed by atoms with Gasteiger partial charge < -0.3 is 10.2 Å². The van der Waals surface area contributed by atoms with Gasteiger partial charge in [0.15, 0.2) is 0 Å². The van der Waals surface area contributed by atoms with Gasteiger partial charge in [-0.15, -0.1) is 0 Å². The predicted octanol–water partition coefficient (Wildman–Crippen LogP) is 2.15. The summed E-state index contributed by atoms with van der Waals surface area (Å²) in [7, 11) is 0. The van der Waals surface area contributed by atoms with E-state index in [-0.39, 0.29) is 29.5 Å². The molecule has 0 saturated heterocycles. The standard InChI is InChI=1S/C15H26O3/c1-9-7-8-15(18)10(2)5-6-11(14(3,4)17)12(15)13(9)16/h9-12,17-18H,5-8H2,1-4H3/t9-,10-,11+,12-,15+/m0/s1. The maximum atomic E-state index is 12.5. The summed E-state index contributed by atoms with van der Waals surface area (Å²) in [6.07, 6.45) is 3.19. The third-order valence-corrected chi connectivity index (χ3v) is 5.38. The summed E-state index contributed by atoms with van der Waals surface area (Å²) in [5.74, 6) is -0.177. The van der Waals surface area contributed by atoms with Crippen molar-refractivity contribution in [2.45, 2.75) is 64.6 Å². The molecule has 2 fully saturated rings. The Balaban J connectivity index is 2.40. The van der Waals surface area contributed by atoms with Gasteiger partial charge in [0.1, 0.15) is 5.78 Å². The molecule has 0 aliphatic heterocycles. The average Bonchev–Trinajstić information content (AvgIpc) is 2.25. The molecule has 0 aromatic heterocycles. The van der Waals surface area contributed by atoms with E-state index in [1.807, 2.05) is 13.8 Å². The van der Waals surface area contributed by atoms with Crippen molar-refractivity contribution in [2.24, 2.45) is 23.7 Å². The fraction of sp³-hybridized carbons (Fsp3) is 0.933. The Bertz CT molecular complexity index is 344. The van der Waals surface area contributed by atoms with Crippen LogP contribution in [0.4, 0.5) is 0 Å². The lowest BCUT2D eigenvalue weighted by Gasteiger charge is -2.54. The summed E-state index contributed by atoms with van der Waals surface area (Å²) in [6, 6.07) is 0. The topological polar surface area (TPSA) is 57.5 Å². The van der Waals surface area contributed by atoms with E-state index in [0.29, 0.717) is 6.42 Å². The van der Waals surface area contributed by atoms with Crippen molar-refractivity contribution in [1.82, 2.24) is 0 Å². The zero-order valence-electron chi connectivity index (χ0n) is 11.9. The first-order chi connectivity index (χ1) is 8.18. The fourth-order valence-electron chi connectivity index (χ4n) is 4.01. The van der Waals surface area contributed by atoms with Crippen LogP contribution in [0.2, 0.25) is 0 Å². The molecule has 0 amide bonds. The second-order valence-corrected chi connectivity index (χ2v) is 7.05. The normalized spacial score (nSPS) is 45.8. The van der Waals surface area contributed by atoms with E-state index in [9.17, 15) is 15.0 Å². The van der Waals surface area contributed by atoms with E-state index in [1.165, 1.54) is 0 Å². The van der Waals surface area contributed by atoms with Gasteiger partial charge in [-0.2, -0.15) is 0 Å². The second kappa shape index (κ2) is 4.31. The Morgan fingerprint density at radius 1 is 1.22 bits per heavy atom. The van der Waals surface area contributed by atoms with Crippen LogP contribution in [0.1, 0.15) is 53.4 Å². The Hall–Kier alpha value is -0.410. The highest BCUT2D eigenvalue weighted by Crippen LogP contribution is 2.52. The highest BCUT2D eigenvalue weighted by Gasteiger charge is 2.57. The molecule has 3 heteroatoms. The third-order valence-electron chi connectivity index (χ3n) is 5.38. The Morgan fingerprint density at radius 2 is 1.83 bits per heavy atom. The van der Waals surface area contributed by atoms with E-state index in [2.05, 4.69) is 0 Å². The molecule has 0 heterocycles. The lowest BCUT2D eigenvalue weighted by molar-refractivity contribution is -0.184. The maximum absolute atomic E-state index is 12.5. The molecule has 5 atom stereocenters. The number of Topliss-reactive ketones (excluding diaryl/α,β-unsaturated/α-hetero) is 1. The number of carbonyl (C=O) groups excluding carboxylic acids is 1. The number of rotatable bonds is 1. The summed E-state index contributed by atoms with van der Waals surface area (Å²) in [6.45, 7) is 7.51. The molecule has 0 aromatic rings. The molecule has 0 bridgehead atoms. The number of hydrogen-bond acceptors (Lipinski definition) is 3. The van der Waals surface area contributed by atoms with Crippen molar-refractivity contribution in [3.05, 3.63) is 0 Å². The largest absolute Gasteiger partial charge is 0.390 e. The molecular formula is C15H26O3. The van der Waals surface area contributed by atoms with Crippen LogP contribution in [-0.4, -0.2) is 27.2 Å². The minimum Gasteiger partial charge on any atom is -0.390 e. The Kier molecular flexibility index (Phi) is 3.35. The minimum atomic E-state index is -0.897. The van der Waals surface area contributed by atoms with Crippen LogP contribution in [0.15, 0.2) is 0 Å². The van der Waals surface area contributed by atoms with Crippen LogP contribution in [0.25, 0.3) is 0 Å². The van der Waals surface area contributed by atoms with Gasteiger partial charge in [-0.1, -0.05) is 13.8 Å². The summed E-state index contributed by atoms with van der Waals surface area (Å²) >= 11 is 0. The second-order valence-electron chi connectivity index (χ2n) is 7.05. The maximum Gasteiger partial charge on any atom is 0.142 e. The zero-order chi connectivity index (χ0) is 13.7. The van der Waals surface area contributed by atoms with Crippen LogP contribution in [0, 0.1) is 23.7 Å². The van der Waals surface area contributed by atoms with Gasteiger partial charge in [-0.25, -0.2) is 0 Å². The number of hydrogen-bond donors (Lipinski definition) is 2. The Labute approximate surface area is 110 Å². The number of fused-ring (bicyclic) bond motifs is 1. The smallest absolute Gasteiger partial charge is 0.142 e. The van der Waals surface area contributed by atoms with Crippen molar-refractivity contribution in [2.75, 3.05) is 0 Å². The van der Waals surface area contributed by atoms with Gasteiger partial charge in [0, 0.05) is 5.92 Å². The summed E-state index contributed by atoms with van der Waals surface area (Å²) in [5.41, 5.74) is -1.79. The van der Waals surface area contributed by atoms with Crippen molar-refractivity contribution >= 4 is 5.78 Å². The average molecular weight is 254 g/mol. The van der Waals surface area contributed by atoms with Crippen LogP contribution in [0.3, 0.4) is 0 Å². The highest BCUT2D eigenvalue weighted by molar-refractivity contribution is 5.85. The van der Waals surface area contributed by atoms with Gasteiger partial charge in [0.2, 0.25) is 0 Å². The molecule has 2 aliphatic rings. The lowest BCUT2D eigenvalue weighted by Crippen LogP contribution is -2.61. The molecular weight excluding hydrogens is 228 g/mol. The number of aliphatic hydroxyl groups is 2. The van der Waals surface area contributed by atoms with Gasteiger partial charge in [-0.05, 0) is 51.4 Å². The molecule has 18 heavy (non-hydrogen) atoms. The SMILES string of the molecule is C[C@H]1CC[C@]2(O)[C@H](C1=O)[C@H](C(C)(C)O)CC[C@@H]2C. The molecule has 2 N–H and O–H groups in total. The van der Waals surface area contributed by atoms with E-state index in [4.69, 9.17) is 0 Å². The first-order valence-electron chi connectivity index (χ1n) is 7.16. The van der Waals surface area contributed by atoms with Crippen molar-refractivity contribution < 1.29 is 15.0 Å². The van der Waals surface area contributed by atoms with Gasteiger partial charge >= 0.3 is 0 Å². The summed E-state index contributed by atoms with van der Waals surface area (Å²) < 4.78 is 0. The van der Waals surface area contributed by atoms with Crippen LogP contribution in [0.5, 0.6) is 0 Å². The zero-order valence-corrected chi connectivity index (χ0v) is 11.9. The summed E-state index contributed by atoms with van der Waals surface area (Å²) in [5, 5.41) is 21.3. The monoisotopic (exact) mass is 254 g/mol. The molecule has 2 saturated carbocycles. The van der Waals surface area contributed by atoms with Gasteiger partial charge in [-0.3, -0.25) is 4.79 Å². The van der Waals surface area contributed by atoms with E-state index in [0.717, 1.165) is 19.3 Å². The van der Waals surface area contributed by atoms with E-state index in [1.54, 1.807) is 13.8 Å². The van der Waals surface area contributed by atoms with Gasteiger partial charge in [0.05, 0.1) is 17.1 Å². The quantitative estimate of drug-likeness (QED) is 0.754. The van der Waals surface area contributed by atoms with Crippen molar-refractivity contribution in [1.29, 1.82) is 0 Å². The minimum absolute atomic E-state index is 0.0189. The molecule has 0 unspecified atom stereocenters. The number of ketones is 1. The summed E-state index contributed by atoms with van der Waals surface area (Å²) in [4.78, 5) is 12.5. The number of carbonyl (C=O) groups is 1. The first kappa shape index (κ1) is 14.0. The van der Waals surface area contributed by atoms with Crippen LogP contribution in [-0.2, 0) is 4.79 Å². The molecule has 2 rings (SSSR count). The molecule has 0 spiro atoms. The molecule has 3 nitrogen and oxygen atoms in total. The third kappa shape index (κ3) is 2.01. The lowest BCUT2D eigenvalue weighted by atomic mass is 9.53. The predicted molar refractivity (Wildman–Crippen MR) is 70.0 cm³/mol. The molecule has 0 aromatic carbocycles. The van der Waals surface area contributed by atoms with Crippen molar-refractivity contribution in [3.63, 3.8) is 0 Å². The first-order valence-corrected chi connectivity index (χ1v) is 7.16. The van der Waals surface area contributed by atoms with E-state index >= 15 is 0 Å². The fourth-order valence-corrected chi connectivity index (χ4v) is 4.01. The van der Waals surface area contributed by atoms with Crippen molar-refractivity contribution in [3.8, 4) is 0 Å². The van der Waals surface area contributed by atoms with Gasteiger partial charge in [0.25, 0.3) is 0 Å². The molecule has 2 aliphatic carbocycles. The Morgan fingerprint density at radius 3 is 2.39 bits per heavy atom. The highest BCUT2D eigenvalue weighted by atomic mass is 16.3. The van der Waals surface area contributed by atoms with Crippen LogP contribution < -0.4 is 0 Å². The molecule has 0 radical (unpaired) electrons. The van der Waals surface area contributed by atoms with Crippen LogP contribution >= 0.6 is 0 Å². The molecule has 104 valence electrons. The van der Waals surface area contributed by atoms with E-state index < -0.39 is 11.2 Å².